The molecule has 5 heteroatoms. The van der Waals surface area contributed by atoms with Crippen molar-refractivity contribution in [2.45, 2.75) is 53.0 Å². The number of unbranched alkanes of at least 4 members (excludes halogenated alkanes) is 1. The second-order valence-corrected chi connectivity index (χ2v) is 5.42. The van der Waals surface area contributed by atoms with Crippen molar-refractivity contribution in [3.8, 4) is 0 Å². The summed E-state index contributed by atoms with van der Waals surface area (Å²) in [6.45, 7) is 9.41. The molecule has 0 saturated carbocycles. The Hall–Kier alpha value is -1.78. The van der Waals surface area contributed by atoms with E-state index in [0.29, 0.717) is 6.04 Å². The molecule has 0 radical (unpaired) electrons. The fourth-order valence-corrected chi connectivity index (χ4v) is 2.44. The van der Waals surface area contributed by atoms with Gasteiger partial charge in [0.2, 0.25) is 0 Å². The van der Waals surface area contributed by atoms with E-state index in [2.05, 4.69) is 30.8 Å². The molecule has 1 aromatic rings. The minimum atomic E-state index is -0.937. The third-order valence-corrected chi connectivity index (χ3v) is 3.78. The van der Waals surface area contributed by atoms with Crippen molar-refractivity contribution in [1.82, 2.24) is 9.78 Å². The Bertz CT molecular complexity index is 506. The van der Waals surface area contributed by atoms with E-state index in [-0.39, 0.29) is 0 Å². The van der Waals surface area contributed by atoms with Gasteiger partial charge in [0.1, 0.15) is 5.82 Å². The lowest BCUT2D eigenvalue weighted by Gasteiger charge is -2.31. The van der Waals surface area contributed by atoms with Crippen molar-refractivity contribution in [2.75, 3.05) is 11.4 Å². The van der Waals surface area contributed by atoms with E-state index in [0.717, 1.165) is 42.9 Å². The van der Waals surface area contributed by atoms with Crippen LogP contribution in [0.2, 0.25) is 0 Å². The lowest BCUT2D eigenvalue weighted by molar-refractivity contribution is -0.131. The highest BCUT2D eigenvalue weighted by Gasteiger charge is 2.21. The first-order chi connectivity index (χ1) is 9.92. The van der Waals surface area contributed by atoms with E-state index in [1.165, 1.54) is 6.08 Å². The third-order valence-electron chi connectivity index (χ3n) is 3.78. The maximum Gasteiger partial charge on any atom is 0.328 e. The van der Waals surface area contributed by atoms with Crippen molar-refractivity contribution in [2.24, 2.45) is 7.05 Å². The van der Waals surface area contributed by atoms with Gasteiger partial charge >= 0.3 is 5.97 Å². The van der Waals surface area contributed by atoms with Crippen LogP contribution in [0.5, 0.6) is 0 Å². The van der Waals surface area contributed by atoms with Gasteiger partial charge in [0.15, 0.2) is 0 Å². The van der Waals surface area contributed by atoms with Crippen LogP contribution in [0.1, 0.15) is 51.3 Å². The molecule has 0 saturated heterocycles. The van der Waals surface area contributed by atoms with Gasteiger partial charge in [0.05, 0.1) is 5.69 Å². The van der Waals surface area contributed by atoms with Crippen molar-refractivity contribution < 1.29 is 9.90 Å². The molecule has 1 rings (SSSR count). The van der Waals surface area contributed by atoms with Gasteiger partial charge in [-0.05, 0) is 32.8 Å². The normalized spacial score (nSPS) is 12.8. The topological polar surface area (TPSA) is 58.4 Å². The van der Waals surface area contributed by atoms with Crippen LogP contribution in [-0.4, -0.2) is 33.4 Å². The van der Waals surface area contributed by atoms with Crippen LogP contribution in [-0.2, 0) is 11.8 Å². The quantitative estimate of drug-likeness (QED) is 0.748. The molecule has 1 N–H and O–H groups in total. The van der Waals surface area contributed by atoms with E-state index in [1.54, 1.807) is 6.08 Å². The van der Waals surface area contributed by atoms with Gasteiger partial charge < -0.3 is 10.0 Å². The zero-order valence-corrected chi connectivity index (χ0v) is 13.8. The summed E-state index contributed by atoms with van der Waals surface area (Å²) in [6.07, 6.45) is 6.11. The standard InChI is InChI=1S/C16H27N3O2/c1-6-8-11-19(12(3)7-2)16-14(9-10-15(20)21)13(4)17-18(16)5/h9-10,12H,6-8,11H2,1-5H3,(H,20,21). The molecule has 0 aliphatic rings. The highest BCUT2D eigenvalue weighted by molar-refractivity contribution is 5.87. The molecule has 1 aromatic heterocycles. The van der Waals surface area contributed by atoms with Gasteiger partial charge in [0, 0.05) is 31.3 Å². The lowest BCUT2D eigenvalue weighted by atomic mass is 10.1. The molecule has 21 heavy (non-hydrogen) atoms. The summed E-state index contributed by atoms with van der Waals surface area (Å²) in [7, 11) is 1.92. The molecule has 0 spiro atoms. The minimum absolute atomic E-state index is 0.392. The molecule has 5 nitrogen and oxygen atoms in total. The fourth-order valence-electron chi connectivity index (χ4n) is 2.44. The highest BCUT2D eigenvalue weighted by Crippen LogP contribution is 2.27. The Labute approximate surface area is 127 Å². The summed E-state index contributed by atoms with van der Waals surface area (Å²) in [5.41, 5.74) is 1.76. The maximum absolute atomic E-state index is 10.8. The summed E-state index contributed by atoms with van der Waals surface area (Å²) in [5, 5.41) is 13.3. The first-order valence-electron chi connectivity index (χ1n) is 7.63. The van der Waals surface area contributed by atoms with Crippen LogP contribution in [0.15, 0.2) is 6.08 Å². The van der Waals surface area contributed by atoms with E-state index >= 15 is 0 Å². The second-order valence-electron chi connectivity index (χ2n) is 5.42. The Morgan fingerprint density at radius 1 is 1.48 bits per heavy atom. The average Bonchev–Trinajstić information content (AvgIpc) is 2.71. The molecule has 0 aromatic carbocycles. The predicted molar refractivity (Wildman–Crippen MR) is 86.6 cm³/mol. The number of carboxylic acids is 1. The van der Waals surface area contributed by atoms with E-state index in [9.17, 15) is 4.79 Å². The van der Waals surface area contributed by atoms with E-state index in [4.69, 9.17) is 5.11 Å². The van der Waals surface area contributed by atoms with Crippen LogP contribution in [0, 0.1) is 6.92 Å². The number of nitrogens with zero attached hydrogens (tertiary/aromatic N) is 3. The molecule has 0 amide bonds. The Morgan fingerprint density at radius 2 is 2.14 bits per heavy atom. The number of hydrogen-bond donors (Lipinski definition) is 1. The molecular formula is C16H27N3O2. The molecule has 0 aliphatic heterocycles. The monoisotopic (exact) mass is 293 g/mol. The van der Waals surface area contributed by atoms with Crippen molar-refractivity contribution >= 4 is 17.9 Å². The summed E-state index contributed by atoms with van der Waals surface area (Å²) in [6, 6.07) is 0.392. The van der Waals surface area contributed by atoms with Gasteiger partial charge in [-0.3, -0.25) is 4.68 Å². The zero-order chi connectivity index (χ0) is 16.0. The van der Waals surface area contributed by atoms with Crippen LogP contribution in [0.25, 0.3) is 6.08 Å². The van der Waals surface area contributed by atoms with Crippen LogP contribution in [0.3, 0.4) is 0 Å². The first-order valence-corrected chi connectivity index (χ1v) is 7.63. The van der Waals surface area contributed by atoms with Crippen LogP contribution < -0.4 is 4.90 Å². The molecule has 1 atom stereocenters. The number of carboxylic acid groups (broad SMARTS) is 1. The summed E-state index contributed by atoms with van der Waals surface area (Å²) in [5.74, 6) is 0.0700. The molecule has 0 bridgehead atoms. The van der Waals surface area contributed by atoms with E-state index in [1.807, 2.05) is 18.7 Å². The van der Waals surface area contributed by atoms with Crippen molar-refractivity contribution in [3.63, 3.8) is 0 Å². The average molecular weight is 293 g/mol. The van der Waals surface area contributed by atoms with Gasteiger partial charge in [-0.1, -0.05) is 20.3 Å². The number of anilines is 1. The highest BCUT2D eigenvalue weighted by atomic mass is 16.4. The SMILES string of the molecule is CCCCN(c1c(C=CC(=O)O)c(C)nn1C)C(C)CC. The number of aliphatic carboxylic acids is 1. The predicted octanol–water partition coefficient (Wildman–Crippen LogP) is 3.23. The number of aromatic nitrogens is 2. The molecule has 1 unspecified atom stereocenters. The molecular weight excluding hydrogens is 266 g/mol. The summed E-state index contributed by atoms with van der Waals surface area (Å²) >= 11 is 0. The fraction of sp³-hybridized carbons (Fsp3) is 0.625. The summed E-state index contributed by atoms with van der Waals surface area (Å²) < 4.78 is 1.86. The Kier molecular flexibility index (Phi) is 6.46. The van der Waals surface area contributed by atoms with Crippen molar-refractivity contribution in [3.05, 3.63) is 17.3 Å². The molecule has 0 aliphatic carbocycles. The van der Waals surface area contributed by atoms with E-state index < -0.39 is 5.97 Å². The lowest BCUT2D eigenvalue weighted by Crippen LogP contribution is -2.35. The third kappa shape index (κ3) is 4.34. The maximum atomic E-state index is 10.8. The first kappa shape index (κ1) is 17.3. The van der Waals surface area contributed by atoms with Gasteiger partial charge in [-0.25, -0.2) is 4.79 Å². The smallest absolute Gasteiger partial charge is 0.328 e. The van der Waals surface area contributed by atoms with Crippen LogP contribution >= 0.6 is 0 Å². The Morgan fingerprint density at radius 3 is 2.67 bits per heavy atom. The number of rotatable bonds is 8. The molecule has 1 heterocycles. The second kappa shape index (κ2) is 7.86. The van der Waals surface area contributed by atoms with Gasteiger partial charge in [-0.15, -0.1) is 0 Å². The summed E-state index contributed by atoms with van der Waals surface area (Å²) in [4.78, 5) is 13.1. The minimum Gasteiger partial charge on any atom is -0.478 e. The number of aryl methyl sites for hydroxylation is 2. The largest absolute Gasteiger partial charge is 0.478 e. The van der Waals surface area contributed by atoms with Gasteiger partial charge in [-0.2, -0.15) is 5.10 Å². The molecule has 0 fully saturated rings. The number of carbonyl (C=O) groups is 1. The van der Waals surface area contributed by atoms with Crippen LogP contribution in [0.4, 0.5) is 5.82 Å². The van der Waals surface area contributed by atoms with Gasteiger partial charge in [0.25, 0.3) is 0 Å². The Balaban J connectivity index is 3.25. The van der Waals surface area contributed by atoms with Crippen molar-refractivity contribution in [1.29, 1.82) is 0 Å². The zero-order valence-electron chi connectivity index (χ0n) is 13.8. The number of hydrogen-bond acceptors (Lipinski definition) is 3. The molecule has 118 valence electrons.